The van der Waals surface area contributed by atoms with E-state index < -0.39 is 18.1 Å². The first-order chi connectivity index (χ1) is 11.1. The summed E-state index contributed by atoms with van der Waals surface area (Å²) in [5.74, 6) is -0.696. The number of hydrogen-bond donors (Lipinski definition) is 2. The van der Waals surface area contributed by atoms with E-state index in [4.69, 9.17) is 4.74 Å². The third-order valence-electron chi connectivity index (χ3n) is 3.22. The zero-order valence-corrected chi connectivity index (χ0v) is 12.8. The van der Waals surface area contributed by atoms with Crippen molar-refractivity contribution in [1.82, 2.24) is 9.78 Å². The van der Waals surface area contributed by atoms with Gasteiger partial charge in [0.25, 0.3) is 0 Å². The first kappa shape index (κ1) is 16.5. The van der Waals surface area contributed by atoms with Gasteiger partial charge < -0.3 is 9.84 Å². The Hall–Kier alpha value is -2.83. The number of amides is 1. The van der Waals surface area contributed by atoms with Crippen LogP contribution in [0, 0.1) is 0 Å². The first-order valence-corrected chi connectivity index (χ1v) is 7.35. The van der Waals surface area contributed by atoms with E-state index in [1.54, 1.807) is 0 Å². The summed E-state index contributed by atoms with van der Waals surface area (Å²) in [5, 5.41) is 15.7. The number of carboxylic acids is 1. The van der Waals surface area contributed by atoms with Crippen LogP contribution >= 0.6 is 0 Å². The van der Waals surface area contributed by atoms with E-state index >= 15 is 0 Å². The number of carboxylic acid groups (broad SMARTS) is 1. The van der Waals surface area contributed by atoms with Crippen molar-refractivity contribution in [3.05, 3.63) is 48.2 Å². The van der Waals surface area contributed by atoms with E-state index in [0.717, 1.165) is 12.0 Å². The number of nitrogens with zero attached hydrogens (tertiary/aromatic N) is 2. The van der Waals surface area contributed by atoms with Crippen molar-refractivity contribution >= 4 is 17.9 Å². The van der Waals surface area contributed by atoms with Crippen LogP contribution in [0.15, 0.2) is 42.6 Å². The number of carbonyl (C=O) groups is 2. The van der Waals surface area contributed by atoms with Crippen molar-refractivity contribution < 1.29 is 19.4 Å². The predicted octanol–water partition coefficient (Wildman–Crippen LogP) is 3.06. The molecule has 1 amide bonds. The molecule has 0 aliphatic rings. The highest BCUT2D eigenvalue weighted by Crippen LogP contribution is 2.15. The molecule has 0 aliphatic carbocycles. The molecular weight excluding hydrogens is 298 g/mol. The van der Waals surface area contributed by atoms with Gasteiger partial charge in [0.15, 0.2) is 5.82 Å². The summed E-state index contributed by atoms with van der Waals surface area (Å²) in [6, 6.07) is 10.1. The Morgan fingerprint density at radius 2 is 2.04 bits per heavy atom. The minimum Gasteiger partial charge on any atom is -0.480 e. The molecule has 2 rings (SSSR count). The Balaban J connectivity index is 1.90. The second-order valence-corrected chi connectivity index (χ2v) is 5.01. The van der Waals surface area contributed by atoms with E-state index in [-0.39, 0.29) is 12.4 Å². The summed E-state index contributed by atoms with van der Waals surface area (Å²) >= 11 is 0. The topological polar surface area (TPSA) is 93.5 Å². The van der Waals surface area contributed by atoms with E-state index in [0.29, 0.717) is 6.42 Å². The number of benzene rings is 1. The van der Waals surface area contributed by atoms with Crippen LogP contribution in [0.4, 0.5) is 10.6 Å². The highest BCUT2D eigenvalue weighted by atomic mass is 16.5. The molecule has 122 valence electrons. The molecule has 1 heterocycles. The maximum absolute atomic E-state index is 11.7. The molecule has 1 atom stereocenters. The second kappa shape index (κ2) is 7.98. The summed E-state index contributed by atoms with van der Waals surface area (Å²) in [5.41, 5.74) is 0.877. The van der Waals surface area contributed by atoms with Gasteiger partial charge in [0.05, 0.1) is 0 Å². The largest absolute Gasteiger partial charge is 0.480 e. The van der Waals surface area contributed by atoms with Gasteiger partial charge in [-0.3, -0.25) is 10.00 Å². The van der Waals surface area contributed by atoms with Crippen molar-refractivity contribution in [1.29, 1.82) is 0 Å². The van der Waals surface area contributed by atoms with Gasteiger partial charge in [0.1, 0.15) is 12.6 Å². The minimum absolute atomic E-state index is 0.154. The summed E-state index contributed by atoms with van der Waals surface area (Å²) < 4.78 is 6.41. The fourth-order valence-corrected chi connectivity index (χ4v) is 2.08. The monoisotopic (exact) mass is 317 g/mol. The molecule has 2 N–H and O–H groups in total. The normalized spacial score (nSPS) is 11.7. The Morgan fingerprint density at radius 1 is 1.30 bits per heavy atom. The molecule has 0 saturated heterocycles. The third-order valence-corrected chi connectivity index (χ3v) is 3.22. The van der Waals surface area contributed by atoms with E-state index in [1.165, 1.54) is 16.9 Å². The Labute approximate surface area is 133 Å². The number of aromatic nitrogens is 2. The zero-order valence-electron chi connectivity index (χ0n) is 12.8. The summed E-state index contributed by atoms with van der Waals surface area (Å²) in [4.78, 5) is 22.9. The molecule has 1 aromatic heterocycles. The highest BCUT2D eigenvalue weighted by molar-refractivity contribution is 5.83. The van der Waals surface area contributed by atoms with Crippen LogP contribution < -0.4 is 5.32 Å². The molecule has 0 spiro atoms. The Kier molecular flexibility index (Phi) is 5.74. The van der Waals surface area contributed by atoms with Gasteiger partial charge in [-0.2, -0.15) is 5.10 Å². The van der Waals surface area contributed by atoms with Crippen LogP contribution in [-0.2, 0) is 16.1 Å². The third kappa shape index (κ3) is 4.84. The maximum Gasteiger partial charge on any atom is 0.413 e. The van der Waals surface area contributed by atoms with Crippen molar-refractivity contribution in [2.75, 3.05) is 5.32 Å². The quantitative estimate of drug-likeness (QED) is 0.818. The van der Waals surface area contributed by atoms with Gasteiger partial charge in [-0.05, 0) is 12.0 Å². The predicted molar refractivity (Wildman–Crippen MR) is 84.1 cm³/mol. The molecule has 0 radical (unpaired) electrons. The average molecular weight is 317 g/mol. The van der Waals surface area contributed by atoms with Crippen molar-refractivity contribution in [3.8, 4) is 0 Å². The number of rotatable bonds is 7. The number of nitrogens with one attached hydrogen (secondary N) is 1. The number of anilines is 1. The van der Waals surface area contributed by atoms with Crippen LogP contribution in [0.2, 0.25) is 0 Å². The van der Waals surface area contributed by atoms with Crippen molar-refractivity contribution in [3.63, 3.8) is 0 Å². The van der Waals surface area contributed by atoms with Crippen LogP contribution in [-0.4, -0.2) is 26.9 Å². The van der Waals surface area contributed by atoms with Crippen LogP contribution in [0.1, 0.15) is 31.4 Å². The lowest BCUT2D eigenvalue weighted by Crippen LogP contribution is -2.20. The molecule has 0 bridgehead atoms. The van der Waals surface area contributed by atoms with Gasteiger partial charge in [-0.25, -0.2) is 9.59 Å². The fourth-order valence-electron chi connectivity index (χ4n) is 2.08. The smallest absolute Gasteiger partial charge is 0.413 e. The molecular formula is C16H19N3O4. The number of carbonyl (C=O) groups excluding carboxylic acids is 1. The number of hydrogen-bond acceptors (Lipinski definition) is 4. The van der Waals surface area contributed by atoms with E-state index in [1.807, 2.05) is 37.3 Å². The molecule has 0 fully saturated rings. The van der Waals surface area contributed by atoms with Gasteiger partial charge in [-0.1, -0.05) is 43.7 Å². The minimum atomic E-state index is -0.951. The van der Waals surface area contributed by atoms with Crippen molar-refractivity contribution in [2.24, 2.45) is 0 Å². The Morgan fingerprint density at radius 3 is 2.70 bits per heavy atom. The SMILES string of the molecule is CCCC(C(=O)O)n1ccc(NC(=O)OCc2ccccc2)n1. The van der Waals surface area contributed by atoms with Gasteiger partial charge in [0, 0.05) is 12.3 Å². The summed E-state index contributed by atoms with van der Waals surface area (Å²) in [6.45, 7) is 2.06. The lowest BCUT2D eigenvalue weighted by atomic mass is 10.2. The van der Waals surface area contributed by atoms with Crippen LogP contribution in [0.25, 0.3) is 0 Å². The van der Waals surface area contributed by atoms with Crippen LogP contribution in [0.5, 0.6) is 0 Å². The van der Waals surface area contributed by atoms with Crippen molar-refractivity contribution in [2.45, 2.75) is 32.4 Å². The average Bonchev–Trinajstić information content (AvgIpc) is 2.99. The molecule has 0 aliphatic heterocycles. The molecule has 1 unspecified atom stereocenters. The molecule has 23 heavy (non-hydrogen) atoms. The first-order valence-electron chi connectivity index (χ1n) is 7.35. The number of aliphatic carboxylic acids is 1. The molecule has 7 nitrogen and oxygen atoms in total. The molecule has 1 aromatic carbocycles. The van der Waals surface area contributed by atoms with Gasteiger partial charge in [-0.15, -0.1) is 0 Å². The highest BCUT2D eigenvalue weighted by Gasteiger charge is 2.19. The Bertz CT molecular complexity index is 654. The van der Waals surface area contributed by atoms with E-state index in [2.05, 4.69) is 10.4 Å². The number of ether oxygens (including phenoxy) is 1. The summed E-state index contributed by atoms with van der Waals surface area (Å²) in [6.07, 6.45) is 2.08. The fraction of sp³-hybridized carbons (Fsp3) is 0.312. The van der Waals surface area contributed by atoms with Gasteiger partial charge in [0.2, 0.25) is 0 Å². The lowest BCUT2D eigenvalue weighted by Gasteiger charge is -2.11. The van der Waals surface area contributed by atoms with E-state index in [9.17, 15) is 14.7 Å². The molecule has 2 aromatic rings. The zero-order chi connectivity index (χ0) is 16.7. The second-order valence-electron chi connectivity index (χ2n) is 5.01. The maximum atomic E-state index is 11.7. The van der Waals surface area contributed by atoms with Crippen LogP contribution in [0.3, 0.4) is 0 Å². The summed E-state index contributed by atoms with van der Waals surface area (Å²) in [7, 11) is 0. The lowest BCUT2D eigenvalue weighted by molar-refractivity contribution is -0.141. The van der Waals surface area contributed by atoms with Gasteiger partial charge >= 0.3 is 12.1 Å². The molecule has 0 saturated carbocycles. The standard InChI is InChI=1S/C16H19N3O4/c1-2-6-13(15(20)21)19-10-9-14(18-19)17-16(22)23-11-12-7-4-3-5-8-12/h3-5,7-10,13H,2,6,11H2,1H3,(H,20,21)(H,17,18,22). The molecule has 7 heteroatoms.